The van der Waals surface area contributed by atoms with Crippen LogP contribution in [0.15, 0.2) is 12.4 Å². The largest absolute Gasteiger partial charge is 0.434 e. The Balaban J connectivity index is 1.67. The number of anilines is 1. The van der Waals surface area contributed by atoms with E-state index in [0.717, 1.165) is 19.0 Å². The van der Waals surface area contributed by atoms with E-state index >= 15 is 0 Å². The van der Waals surface area contributed by atoms with Crippen LogP contribution in [0.25, 0.3) is 0 Å². The van der Waals surface area contributed by atoms with Crippen LogP contribution >= 0.6 is 0 Å². The van der Waals surface area contributed by atoms with Crippen LogP contribution in [-0.2, 0) is 11.0 Å². The van der Waals surface area contributed by atoms with Gasteiger partial charge in [-0.1, -0.05) is 0 Å². The van der Waals surface area contributed by atoms with Crippen LogP contribution in [0.1, 0.15) is 18.5 Å². The molecule has 1 aliphatic heterocycles. The first-order valence-corrected chi connectivity index (χ1v) is 5.89. The first kappa shape index (κ1) is 12.3. The van der Waals surface area contributed by atoms with E-state index in [-0.39, 0.29) is 17.8 Å². The predicted molar refractivity (Wildman–Crippen MR) is 59.1 cm³/mol. The topological polar surface area (TPSA) is 66.9 Å². The van der Waals surface area contributed by atoms with E-state index in [0.29, 0.717) is 18.2 Å². The molecule has 1 aliphatic carbocycles. The van der Waals surface area contributed by atoms with Gasteiger partial charge in [-0.3, -0.25) is 9.78 Å². The second-order valence-corrected chi connectivity index (χ2v) is 4.83. The summed E-state index contributed by atoms with van der Waals surface area (Å²) >= 11 is 0. The van der Waals surface area contributed by atoms with Crippen LogP contribution in [0.4, 0.5) is 19.0 Å². The number of fused-ring (bicyclic) bond motifs is 1. The predicted octanol–water partition coefficient (Wildman–Crippen LogP) is 1.18. The summed E-state index contributed by atoms with van der Waals surface area (Å²) in [7, 11) is 0. The zero-order valence-electron chi connectivity index (χ0n) is 9.74. The second kappa shape index (κ2) is 4.16. The Kier molecular flexibility index (Phi) is 2.70. The van der Waals surface area contributed by atoms with Crippen LogP contribution in [0.3, 0.4) is 0 Å². The zero-order valence-corrected chi connectivity index (χ0v) is 9.74. The monoisotopic (exact) mass is 272 g/mol. The number of nitrogens with zero attached hydrogens (tertiary/aromatic N) is 2. The number of aromatic nitrogens is 2. The van der Waals surface area contributed by atoms with Gasteiger partial charge in [-0.2, -0.15) is 13.2 Å². The van der Waals surface area contributed by atoms with Gasteiger partial charge in [0.2, 0.25) is 5.91 Å². The van der Waals surface area contributed by atoms with E-state index in [2.05, 4.69) is 20.6 Å². The van der Waals surface area contributed by atoms with Gasteiger partial charge in [0.1, 0.15) is 0 Å². The molecule has 3 atom stereocenters. The molecule has 5 nitrogen and oxygen atoms in total. The van der Waals surface area contributed by atoms with Gasteiger partial charge >= 0.3 is 6.18 Å². The number of hydrogen-bond acceptors (Lipinski definition) is 4. The number of alkyl halides is 3. The number of carbonyl (C=O) groups is 1. The van der Waals surface area contributed by atoms with Gasteiger partial charge in [0, 0.05) is 6.04 Å². The average Bonchev–Trinajstić information content (AvgIpc) is 2.95. The molecule has 1 saturated carbocycles. The van der Waals surface area contributed by atoms with Crippen LogP contribution < -0.4 is 10.6 Å². The van der Waals surface area contributed by atoms with E-state index in [1.165, 1.54) is 0 Å². The lowest BCUT2D eigenvalue weighted by molar-refractivity contribution is -0.141. The van der Waals surface area contributed by atoms with Crippen molar-refractivity contribution in [2.75, 3.05) is 5.32 Å². The average molecular weight is 272 g/mol. The standard InChI is InChI=1S/C11H11F3N4O/c12-11(13,14)8-3-15-4-9(17-8)18-10(19)7-2-5-1-6(5)16-7/h3-7,16H,1-2H2,(H,17,18,19)/t5?,6-,7+/m1/s1. The Morgan fingerprint density at radius 3 is 2.79 bits per heavy atom. The highest BCUT2D eigenvalue weighted by Crippen LogP contribution is 2.40. The van der Waals surface area contributed by atoms with E-state index < -0.39 is 11.9 Å². The lowest BCUT2D eigenvalue weighted by atomic mass is 10.2. The molecule has 1 unspecified atom stereocenters. The molecular formula is C11H11F3N4O. The molecule has 1 aromatic rings. The van der Waals surface area contributed by atoms with Crippen LogP contribution in [-0.4, -0.2) is 28.0 Å². The summed E-state index contributed by atoms with van der Waals surface area (Å²) in [6.45, 7) is 0. The lowest BCUT2D eigenvalue weighted by Gasteiger charge is -2.13. The van der Waals surface area contributed by atoms with Gasteiger partial charge in [0.25, 0.3) is 0 Å². The van der Waals surface area contributed by atoms with Gasteiger partial charge in [-0.15, -0.1) is 0 Å². The van der Waals surface area contributed by atoms with E-state index in [1.807, 2.05) is 0 Å². The Bertz CT molecular complexity index is 509. The van der Waals surface area contributed by atoms with Crippen molar-refractivity contribution in [2.45, 2.75) is 31.1 Å². The fraction of sp³-hybridized carbons (Fsp3) is 0.545. The van der Waals surface area contributed by atoms with E-state index in [1.54, 1.807) is 0 Å². The van der Waals surface area contributed by atoms with Gasteiger partial charge < -0.3 is 10.6 Å². The van der Waals surface area contributed by atoms with Crippen molar-refractivity contribution >= 4 is 11.7 Å². The van der Waals surface area contributed by atoms with E-state index in [4.69, 9.17) is 0 Å². The van der Waals surface area contributed by atoms with Gasteiger partial charge in [0.05, 0.1) is 18.4 Å². The Morgan fingerprint density at radius 1 is 1.37 bits per heavy atom. The summed E-state index contributed by atoms with van der Waals surface area (Å²) < 4.78 is 37.3. The summed E-state index contributed by atoms with van der Waals surface area (Å²) in [6.07, 6.45) is -1.04. The quantitative estimate of drug-likeness (QED) is 0.848. The normalized spacial score (nSPS) is 28.9. The lowest BCUT2D eigenvalue weighted by Crippen LogP contribution is -2.38. The molecule has 1 saturated heterocycles. The van der Waals surface area contributed by atoms with Crippen molar-refractivity contribution in [1.82, 2.24) is 15.3 Å². The summed E-state index contributed by atoms with van der Waals surface area (Å²) in [5.41, 5.74) is -1.12. The first-order chi connectivity index (χ1) is 8.93. The molecule has 8 heteroatoms. The molecule has 102 valence electrons. The number of hydrogen-bond donors (Lipinski definition) is 2. The molecule has 2 heterocycles. The number of carbonyl (C=O) groups excluding carboxylic acids is 1. The number of nitrogens with one attached hydrogen (secondary N) is 2. The first-order valence-electron chi connectivity index (χ1n) is 5.89. The molecule has 0 radical (unpaired) electrons. The molecule has 19 heavy (non-hydrogen) atoms. The third-order valence-corrected chi connectivity index (χ3v) is 3.37. The minimum atomic E-state index is -4.57. The molecule has 0 spiro atoms. The third kappa shape index (κ3) is 2.53. The van der Waals surface area contributed by atoms with Crippen molar-refractivity contribution in [1.29, 1.82) is 0 Å². The molecular weight excluding hydrogens is 261 g/mol. The summed E-state index contributed by atoms with van der Waals surface area (Å²) in [5.74, 6) is -0.00799. The third-order valence-electron chi connectivity index (χ3n) is 3.37. The number of piperidine rings is 1. The molecule has 2 N–H and O–H groups in total. The smallest absolute Gasteiger partial charge is 0.308 e. The van der Waals surface area contributed by atoms with Crippen LogP contribution in [0.5, 0.6) is 0 Å². The minimum Gasteiger partial charge on any atom is -0.308 e. The fourth-order valence-corrected chi connectivity index (χ4v) is 2.30. The minimum absolute atomic E-state index is 0.179. The van der Waals surface area contributed by atoms with Crippen molar-refractivity contribution in [2.24, 2.45) is 5.92 Å². The number of halogens is 3. The Labute approximate surface area is 106 Å². The Morgan fingerprint density at radius 2 is 2.16 bits per heavy atom. The van der Waals surface area contributed by atoms with E-state index in [9.17, 15) is 18.0 Å². The van der Waals surface area contributed by atoms with Gasteiger partial charge in [-0.05, 0) is 18.8 Å². The van der Waals surface area contributed by atoms with Gasteiger partial charge in [0.15, 0.2) is 11.5 Å². The maximum absolute atomic E-state index is 12.4. The highest BCUT2D eigenvalue weighted by atomic mass is 19.4. The molecule has 1 amide bonds. The van der Waals surface area contributed by atoms with Crippen molar-refractivity contribution in [3.8, 4) is 0 Å². The highest BCUT2D eigenvalue weighted by Gasteiger charge is 2.47. The molecule has 0 aromatic carbocycles. The fourth-order valence-electron chi connectivity index (χ4n) is 2.30. The second-order valence-electron chi connectivity index (χ2n) is 4.83. The summed E-state index contributed by atoms with van der Waals surface area (Å²) in [5, 5.41) is 5.47. The van der Waals surface area contributed by atoms with Gasteiger partial charge in [-0.25, -0.2) is 4.98 Å². The molecule has 0 bridgehead atoms. The Hall–Kier alpha value is -1.70. The van der Waals surface area contributed by atoms with Crippen molar-refractivity contribution < 1.29 is 18.0 Å². The SMILES string of the molecule is O=C(Nc1cncc(C(F)(F)F)n1)[C@@H]1CC2C[C@H]2N1. The summed E-state index contributed by atoms with van der Waals surface area (Å²) in [6, 6.07) is 0.0448. The molecule has 2 fully saturated rings. The maximum atomic E-state index is 12.4. The maximum Gasteiger partial charge on any atom is 0.434 e. The summed E-state index contributed by atoms with van der Waals surface area (Å²) in [4.78, 5) is 18.6. The zero-order chi connectivity index (χ0) is 13.6. The highest BCUT2D eigenvalue weighted by molar-refractivity contribution is 5.94. The number of amides is 1. The van der Waals surface area contributed by atoms with Crippen molar-refractivity contribution in [3.63, 3.8) is 0 Å². The molecule has 2 aliphatic rings. The van der Waals surface area contributed by atoms with Crippen molar-refractivity contribution in [3.05, 3.63) is 18.1 Å². The van der Waals surface area contributed by atoms with Crippen LogP contribution in [0.2, 0.25) is 0 Å². The van der Waals surface area contributed by atoms with Crippen LogP contribution in [0, 0.1) is 5.92 Å². The number of rotatable bonds is 2. The molecule has 3 rings (SSSR count). The molecule has 1 aromatic heterocycles.